The number of hydrazone groups is 1. The Morgan fingerprint density at radius 2 is 2.14 bits per heavy atom. The first-order valence-corrected chi connectivity index (χ1v) is 5.63. The van der Waals surface area contributed by atoms with E-state index >= 15 is 0 Å². The summed E-state index contributed by atoms with van der Waals surface area (Å²) >= 11 is 0. The van der Waals surface area contributed by atoms with E-state index in [1.807, 2.05) is 0 Å². The number of carbonyl (C=O) groups excluding carboxylic acids is 1. The summed E-state index contributed by atoms with van der Waals surface area (Å²) in [5.41, 5.74) is 2.50. The van der Waals surface area contributed by atoms with Gasteiger partial charge in [0.25, 0.3) is 5.69 Å². The summed E-state index contributed by atoms with van der Waals surface area (Å²) in [4.78, 5) is 21.7. The lowest BCUT2D eigenvalue weighted by molar-refractivity contribution is -0.806. The first kappa shape index (κ1) is 14.1. The lowest BCUT2D eigenvalue weighted by Crippen LogP contribution is -2.28. The largest absolute Gasteiger partial charge is 0.359 e. The molecule has 0 unspecified atom stereocenters. The van der Waals surface area contributed by atoms with E-state index in [4.69, 9.17) is 0 Å². The number of hydrogen-bond donors (Lipinski definition) is 1. The van der Waals surface area contributed by atoms with Gasteiger partial charge in [-0.05, 0) is 22.6 Å². The van der Waals surface area contributed by atoms with Crippen molar-refractivity contribution >= 4 is 17.8 Å². The highest BCUT2D eigenvalue weighted by Crippen LogP contribution is 2.10. The van der Waals surface area contributed by atoms with Crippen molar-refractivity contribution in [1.29, 1.82) is 0 Å². The summed E-state index contributed by atoms with van der Waals surface area (Å²) in [5, 5.41) is 28.4. The third-order valence-corrected chi connectivity index (χ3v) is 2.52. The molecule has 0 fully saturated rings. The molecule has 0 atom stereocenters. The van der Waals surface area contributed by atoms with E-state index in [1.165, 1.54) is 37.4 Å². The highest BCUT2D eigenvalue weighted by atomic mass is 16.8. The van der Waals surface area contributed by atoms with Crippen molar-refractivity contribution in [3.8, 4) is 0 Å². The molecule has 10 nitrogen and oxygen atoms in total. The van der Waals surface area contributed by atoms with Gasteiger partial charge in [-0.2, -0.15) is 5.10 Å². The minimum Gasteiger partial charge on any atom is -0.359 e. The molecule has 2 rings (SSSR count). The number of non-ortho nitro benzene ring substituents is 1. The van der Waals surface area contributed by atoms with Crippen LogP contribution in [0, 0.1) is 22.2 Å². The molecule has 1 heterocycles. The first-order valence-electron chi connectivity index (χ1n) is 5.63. The number of rotatable bonds is 4. The number of carbonyl (C=O) groups is 1. The van der Waals surface area contributed by atoms with Crippen molar-refractivity contribution in [3.63, 3.8) is 0 Å². The topological polar surface area (TPSA) is 138 Å². The molecule has 0 aliphatic heterocycles. The third kappa shape index (κ3) is 3.18. The normalized spacial score (nSPS) is 10.7. The second kappa shape index (κ2) is 5.77. The molecule has 108 valence electrons. The second-order valence-electron chi connectivity index (χ2n) is 3.91. The van der Waals surface area contributed by atoms with Crippen LogP contribution in [0.15, 0.2) is 34.0 Å². The average Bonchev–Trinajstić information content (AvgIpc) is 2.79. The van der Waals surface area contributed by atoms with Crippen LogP contribution in [-0.4, -0.2) is 22.2 Å². The lowest BCUT2D eigenvalue weighted by Gasteiger charge is -1.94. The monoisotopic (exact) mass is 291 g/mol. The maximum atomic E-state index is 11.6. The Balaban J connectivity index is 2.00. The molecule has 1 aromatic carbocycles. The highest BCUT2D eigenvalue weighted by Gasteiger charge is 2.22. The molecule has 0 bridgehead atoms. The molecule has 0 radical (unpaired) electrons. The Morgan fingerprint density at radius 3 is 2.67 bits per heavy atom. The van der Waals surface area contributed by atoms with Gasteiger partial charge in [0.05, 0.1) is 16.3 Å². The fourth-order valence-corrected chi connectivity index (χ4v) is 1.40. The second-order valence-corrected chi connectivity index (χ2v) is 3.91. The molecule has 1 aromatic heterocycles. The summed E-state index contributed by atoms with van der Waals surface area (Å²) in [5.74, 6) is -0.705. The molecular weight excluding hydrogens is 282 g/mol. The Hall–Kier alpha value is -3.30. The smallest absolute Gasteiger partial charge is 0.322 e. The van der Waals surface area contributed by atoms with E-state index in [0.29, 0.717) is 5.56 Å². The van der Waals surface area contributed by atoms with Crippen molar-refractivity contribution in [2.45, 2.75) is 6.92 Å². The van der Waals surface area contributed by atoms with Crippen molar-refractivity contribution < 1.29 is 19.2 Å². The fraction of sp³-hybridized carbons (Fsp3) is 0.0909. The maximum absolute atomic E-state index is 11.6. The van der Waals surface area contributed by atoms with Gasteiger partial charge in [0.1, 0.15) is 0 Å². The van der Waals surface area contributed by atoms with E-state index in [0.717, 1.165) is 0 Å². The van der Waals surface area contributed by atoms with Crippen LogP contribution >= 0.6 is 0 Å². The molecule has 2 aromatic rings. The van der Waals surface area contributed by atoms with E-state index in [9.17, 15) is 20.1 Å². The fourth-order valence-electron chi connectivity index (χ4n) is 1.40. The van der Waals surface area contributed by atoms with E-state index in [2.05, 4.69) is 20.3 Å². The lowest BCUT2D eigenvalue weighted by atomic mass is 10.2. The molecule has 0 aliphatic rings. The zero-order chi connectivity index (χ0) is 15.4. The molecule has 21 heavy (non-hydrogen) atoms. The van der Waals surface area contributed by atoms with Crippen molar-refractivity contribution in [3.05, 3.63) is 56.5 Å². The zero-order valence-electron chi connectivity index (χ0n) is 10.7. The van der Waals surface area contributed by atoms with E-state index in [-0.39, 0.29) is 22.0 Å². The maximum Gasteiger partial charge on any atom is 0.322 e. The highest BCUT2D eigenvalue weighted by molar-refractivity contribution is 5.93. The van der Waals surface area contributed by atoms with Crippen LogP contribution < -0.4 is 10.3 Å². The zero-order valence-corrected chi connectivity index (χ0v) is 10.7. The molecular formula is C11H9N5O5. The van der Waals surface area contributed by atoms with Gasteiger partial charge in [-0.25, -0.2) is 5.43 Å². The molecule has 0 saturated heterocycles. The van der Waals surface area contributed by atoms with Crippen LogP contribution in [0.4, 0.5) is 5.69 Å². The number of amides is 1. The van der Waals surface area contributed by atoms with Crippen molar-refractivity contribution in [2.75, 3.05) is 0 Å². The predicted molar refractivity (Wildman–Crippen MR) is 68.4 cm³/mol. The third-order valence-electron chi connectivity index (χ3n) is 2.52. The van der Waals surface area contributed by atoms with Crippen LogP contribution in [0.1, 0.15) is 21.7 Å². The predicted octanol–water partition coefficient (Wildman–Crippen LogP) is 0.289. The quantitative estimate of drug-likeness (QED) is 0.372. The van der Waals surface area contributed by atoms with Gasteiger partial charge in [-0.3, -0.25) is 19.5 Å². The van der Waals surface area contributed by atoms with Crippen LogP contribution in [0.3, 0.4) is 0 Å². The van der Waals surface area contributed by atoms with E-state index in [1.54, 1.807) is 0 Å². The SMILES string of the molecule is Cc1c(C(=O)NN=Cc2ccc([N+](=O)[O-])cc2)no[n+]1[O-]. The number of benzene rings is 1. The number of nitro groups is 1. The molecule has 0 saturated carbocycles. The van der Waals surface area contributed by atoms with Crippen LogP contribution in [0.2, 0.25) is 0 Å². The Morgan fingerprint density at radius 1 is 1.48 bits per heavy atom. The molecule has 10 heteroatoms. The molecule has 1 N–H and O–H groups in total. The Bertz CT molecular complexity index is 706. The Kier molecular flexibility index (Phi) is 3.88. The molecule has 1 amide bonds. The van der Waals surface area contributed by atoms with Gasteiger partial charge < -0.3 is 5.21 Å². The van der Waals surface area contributed by atoms with Gasteiger partial charge in [0, 0.05) is 19.1 Å². The van der Waals surface area contributed by atoms with Gasteiger partial charge in [-0.1, -0.05) is 0 Å². The summed E-state index contributed by atoms with van der Waals surface area (Å²) in [6.45, 7) is 1.37. The van der Waals surface area contributed by atoms with Crippen LogP contribution in [-0.2, 0) is 0 Å². The van der Waals surface area contributed by atoms with Gasteiger partial charge in [0.15, 0.2) is 0 Å². The first-order chi connectivity index (χ1) is 9.99. The summed E-state index contributed by atoms with van der Waals surface area (Å²) in [7, 11) is 0. The minimum atomic E-state index is -0.705. The summed E-state index contributed by atoms with van der Waals surface area (Å²) < 4.78 is 4.25. The number of nitro benzene ring substituents is 1. The standard InChI is InChI=1S/C11H9N5O5/c1-7-10(14-21-16(7)20)11(17)13-12-6-8-2-4-9(5-3-8)15(18)19/h2-6H,1H3,(H,13,17). The van der Waals surface area contributed by atoms with Crippen molar-refractivity contribution in [1.82, 2.24) is 10.6 Å². The van der Waals surface area contributed by atoms with Crippen LogP contribution in [0.25, 0.3) is 0 Å². The Labute approximate surface area is 117 Å². The average molecular weight is 291 g/mol. The summed E-state index contributed by atoms with van der Waals surface area (Å²) in [6.07, 6.45) is 1.29. The number of nitrogens with zero attached hydrogens (tertiary/aromatic N) is 4. The number of nitrogens with one attached hydrogen (secondary N) is 1. The minimum absolute atomic E-state index is 0.0121. The number of hydrogen-bond acceptors (Lipinski definition) is 7. The van der Waals surface area contributed by atoms with Crippen molar-refractivity contribution in [2.24, 2.45) is 5.10 Å². The summed E-state index contributed by atoms with van der Waals surface area (Å²) in [6, 6.07) is 5.57. The van der Waals surface area contributed by atoms with Gasteiger partial charge in [0.2, 0.25) is 5.69 Å². The van der Waals surface area contributed by atoms with Gasteiger partial charge in [-0.15, -0.1) is 0 Å². The van der Waals surface area contributed by atoms with E-state index < -0.39 is 10.8 Å². The van der Waals surface area contributed by atoms with Gasteiger partial charge >= 0.3 is 11.6 Å². The molecule has 0 spiro atoms. The molecule has 0 aliphatic carbocycles. The number of aromatic nitrogens is 2. The van der Waals surface area contributed by atoms with Crippen LogP contribution in [0.5, 0.6) is 0 Å².